The first-order chi connectivity index (χ1) is 12.7. The van der Waals surface area contributed by atoms with Crippen molar-refractivity contribution in [1.29, 1.82) is 0 Å². The lowest BCUT2D eigenvalue weighted by molar-refractivity contribution is -0.144. The molecule has 1 aromatic heterocycles. The number of ether oxygens (including phenoxy) is 1. The molecule has 2 aliphatic heterocycles. The lowest BCUT2D eigenvalue weighted by Crippen LogP contribution is -2.50. The lowest BCUT2D eigenvalue weighted by Gasteiger charge is -2.40. The molecule has 2 aliphatic rings. The van der Waals surface area contributed by atoms with Gasteiger partial charge in [0.15, 0.2) is 0 Å². The number of hydrogen-bond donors (Lipinski definition) is 0. The van der Waals surface area contributed by atoms with E-state index in [1.807, 2.05) is 21.8 Å². The van der Waals surface area contributed by atoms with Gasteiger partial charge < -0.3 is 14.5 Å². The fourth-order valence-corrected chi connectivity index (χ4v) is 4.13. The highest BCUT2D eigenvalue weighted by Crippen LogP contribution is 2.26. The third-order valence-electron chi connectivity index (χ3n) is 5.63. The van der Waals surface area contributed by atoms with Gasteiger partial charge >= 0.3 is 0 Å². The first-order valence-electron chi connectivity index (χ1n) is 9.73. The molecule has 1 aromatic rings. The Morgan fingerprint density at radius 1 is 1.15 bits per heavy atom. The topological polar surface area (TPSA) is 67.7 Å². The van der Waals surface area contributed by atoms with Crippen LogP contribution < -0.4 is 0 Å². The summed E-state index contributed by atoms with van der Waals surface area (Å²) < 4.78 is 6.87. The van der Waals surface area contributed by atoms with E-state index < -0.39 is 0 Å². The quantitative estimate of drug-likeness (QED) is 0.770. The molecule has 3 rings (SSSR count). The number of aryl methyl sites for hydroxylation is 1. The molecule has 7 nitrogen and oxygen atoms in total. The van der Waals surface area contributed by atoms with E-state index in [1.165, 1.54) is 13.5 Å². The van der Waals surface area contributed by atoms with Crippen molar-refractivity contribution in [3.05, 3.63) is 18.5 Å². The Labute approximate surface area is 155 Å². The molecule has 0 radical (unpaired) electrons. The Kier molecular flexibility index (Phi) is 6.66. The maximum atomic E-state index is 13.1. The maximum Gasteiger partial charge on any atom is 0.248 e. The van der Waals surface area contributed by atoms with E-state index in [0.717, 1.165) is 45.2 Å². The summed E-state index contributed by atoms with van der Waals surface area (Å²) in [7, 11) is 1.54. The largest absolute Gasteiger partial charge is 0.375 e. The SMILES string of the molecule is COCC(=O)N1CCC(C(=O)N2CCCC[C@H]2CCn2cccn2)CC1. The minimum absolute atomic E-state index is 0.0217. The third kappa shape index (κ3) is 4.63. The van der Waals surface area contributed by atoms with E-state index in [4.69, 9.17) is 4.74 Å². The number of nitrogens with zero attached hydrogens (tertiary/aromatic N) is 4. The molecule has 0 bridgehead atoms. The van der Waals surface area contributed by atoms with Crippen molar-refractivity contribution in [2.45, 2.75) is 51.1 Å². The summed E-state index contributed by atoms with van der Waals surface area (Å²) in [6.07, 6.45) is 9.61. The molecule has 1 atom stereocenters. The highest BCUT2D eigenvalue weighted by Gasteiger charge is 2.34. The van der Waals surface area contributed by atoms with Crippen molar-refractivity contribution in [2.24, 2.45) is 5.92 Å². The third-order valence-corrected chi connectivity index (χ3v) is 5.63. The second-order valence-corrected chi connectivity index (χ2v) is 7.33. The summed E-state index contributed by atoms with van der Waals surface area (Å²) in [6.45, 7) is 3.16. The second kappa shape index (κ2) is 9.16. The summed E-state index contributed by atoms with van der Waals surface area (Å²) in [6, 6.07) is 2.25. The van der Waals surface area contributed by atoms with E-state index in [2.05, 4.69) is 10.00 Å². The number of piperidine rings is 2. The standard InChI is InChI=1S/C19H30N4O3/c1-26-15-18(24)21-12-6-16(7-13-21)19(25)23-11-3-2-5-17(23)8-14-22-10-4-9-20-22/h4,9-10,16-17H,2-3,5-8,11-15H2,1H3/t17-/m0/s1. The van der Waals surface area contributed by atoms with Gasteiger partial charge in [0, 0.05) is 57.6 Å². The van der Waals surface area contributed by atoms with Gasteiger partial charge in [-0.1, -0.05) is 0 Å². The van der Waals surface area contributed by atoms with Gasteiger partial charge in [0.05, 0.1) is 0 Å². The molecule has 26 heavy (non-hydrogen) atoms. The van der Waals surface area contributed by atoms with Crippen LogP contribution >= 0.6 is 0 Å². The minimum atomic E-state index is 0.0217. The molecule has 2 saturated heterocycles. The van der Waals surface area contributed by atoms with Crippen LogP contribution in [0.1, 0.15) is 38.5 Å². The van der Waals surface area contributed by atoms with Crippen LogP contribution in [-0.2, 0) is 20.9 Å². The summed E-state index contributed by atoms with van der Waals surface area (Å²) in [5, 5.41) is 4.27. The number of methoxy groups -OCH3 is 1. The van der Waals surface area contributed by atoms with E-state index in [0.29, 0.717) is 19.1 Å². The van der Waals surface area contributed by atoms with E-state index in [1.54, 1.807) is 6.20 Å². The van der Waals surface area contributed by atoms with Crippen molar-refractivity contribution in [2.75, 3.05) is 33.4 Å². The predicted molar refractivity (Wildman–Crippen MR) is 97.4 cm³/mol. The number of carbonyl (C=O) groups excluding carboxylic acids is 2. The van der Waals surface area contributed by atoms with E-state index >= 15 is 0 Å². The van der Waals surface area contributed by atoms with E-state index in [-0.39, 0.29) is 24.3 Å². The highest BCUT2D eigenvalue weighted by atomic mass is 16.5. The highest BCUT2D eigenvalue weighted by molar-refractivity contribution is 5.81. The number of amides is 2. The molecule has 0 aliphatic carbocycles. The molecule has 0 saturated carbocycles. The van der Waals surface area contributed by atoms with Gasteiger partial charge in [-0.2, -0.15) is 5.10 Å². The van der Waals surface area contributed by atoms with Gasteiger partial charge in [0.1, 0.15) is 6.61 Å². The van der Waals surface area contributed by atoms with Crippen LogP contribution in [-0.4, -0.2) is 70.8 Å². The van der Waals surface area contributed by atoms with Crippen LogP contribution in [0.5, 0.6) is 0 Å². The summed E-state index contributed by atoms with van der Waals surface area (Å²) >= 11 is 0. The van der Waals surface area contributed by atoms with Gasteiger partial charge in [-0.05, 0) is 44.6 Å². The molecule has 3 heterocycles. The van der Waals surface area contributed by atoms with Crippen LogP contribution in [0.3, 0.4) is 0 Å². The Hall–Kier alpha value is -1.89. The van der Waals surface area contributed by atoms with Crippen LogP contribution in [0.2, 0.25) is 0 Å². The molecule has 0 N–H and O–H groups in total. The second-order valence-electron chi connectivity index (χ2n) is 7.33. The molecule has 2 amide bonds. The van der Waals surface area contributed by atoms with Crippen LogP contribution in [0.15, 0.2) is 18.5 Å². The Morgan fingerprint density at radius 2 is 1.96 bits per heavy atom. The number of aromatic nitrogens is 2. The van der Waals surface area contributed by atoms with Crippen molar-refractivity contribution in [1.82, 2.24) is 19.6 Å². The van der Waals surface area contributed by atoms with E-state index in [9.17, 15) is 9.59 Å². The zero-order valence-electron chi connectivity index (χ0n) is 15.7. The molecule has 144 valence electrons. The predicted octanol–water partition coefficient (Wildman–Crippen LogP) is 1.54. The minimum Gasteiger partial charge on any atom is -0.375 e. The summed E-state index contributed by atoms with van der Waals surface area (Å²) in [4.78, 5) is 29.0. The number of carbonyl (C=O) groups is 2. The molecule has 0 spiro atoms. The monoisotopic (exact) mass is 362 g/mol. The molecule has 0 aromatic carbocycles. The van der Waals surface area contributed by atoms with Gasteiger partial charge in [-0.3, -0.25) is 14.3 Å². The average molecular weight is 362 g/mol. The molecule has 0 unspecified atom stereocenters. The zero-order chi connectivity index (χ0) is 18.4. The maximum absolute atomic E-state index is 13.1. The molecular weight excluding hydrogens is 332 g/mol. The Morgan fingerprint density at radius 3 is 2.65 bits per heavy atom. The lowest BCUT2D eigenvalue weighted by atomic mass is 9.91. The van der Waals surface area contributed by atoms with Crippen molar-refractivity contribution in [3.8, 4) is 0 Å². The Bertz CT molecular complexity index is 582. The van der Waals surface area contributed by atoms with Crippen molar-refractivity contribution in [3.63, 3.8) is 0 Å². The number of rotatable bonds is 6. The number of likely N-dealkylation sites (tertiary alicyclic amines) is 2. The van der Waals surface area contributed by atoms with Gasteiger partial charge in [0.2, 0.25) is 11.8 Å². The van der Waals surface area contributed by atoms with Crippen LogP contribution in [0.25, 0.3) is 0 Å². The summed E-state index contributed by atoms with van der Waals surface area (Å²) in [5.41, 5.74) is 0. The van der Waals surface area contributed by atoms with Gasteiger partial charge in [-0.15, -0.1) is 0 Å². The summed E-state index contributed by atoms with van der Waals surface area (Å²) in [5.74, 6) is 0.356. The van der Waals surface area contributed by atoms with Crippen molar-refractivity contribution < 1.29 is 14.3 Å². The molecular formula is C19H30N4O3. The first kappa shape index (κ1) is 18.9. The smallest absolute Gasteiger partial charge is 0.248 e. The normalized spacial score (nSPS) is 21.8. The van der Waals surface area contributed by atoms with Crippen LogP contribution in [0.4, 0.5) is 0 Å². The Balaban J connectivity index is 1.52. The zero-order valence-corrected chi connectivity index (χ0v) is 15.7. The first-order valence-corrected chi connectivity index (χ1v) is 9.73. The average Bonchev–Trinajstić information content (AvgIpc) is 3.20. The van der Waals surface area contributed by atoms with Gasteiger partial charge in [0.25, 0.3) is 0 Å². The molecule has 7 heteroatoms. The van der Waals surface area contributed by atoms with Gasteiger partial charge in [-0.25, -0.2) is 0 Å². The fourth-order valence-electron chi connectivity index (χ4n) is 4.13. The fraction of sp³-hybridized carbons (Fsp3) is 0.737. The number of hydrogen-bond acceptors (Lipinski definition) is 4. The van der Waals surface area contributed by atoms with Crippen LogP contribution in [0, 0.1) is 5.92 Å². The molecule has 2 fully saturated rings. The van der Waals surface area contributed by atoms with Crippen molar-refractivity contribution >= 4 is 11.8 Å².